The molecule has 0 radical (unpaired) electrons. The summed E-state index contributed by atoms with van der Waals surface area (Å²) in [7, 11) is 0. The first-order chi connectivity index (χ1) is 31.3. The Kier molecular flexibility index (Phi) is 7.91. The molecule has 0 spiro atoms. The van der Waals surface area contributed by atoms with Crippen molar-refractivity contribution in [2.24, 2.45) is 0 Å². The Morgan fingerprint density at radius 3 is 1.24 bits per heavy atom. The second kappa shape index (κ2) is 14.1. The lowest BCUT2D eigenvalue weighted by Crippen LogP contribution is -1.98. The Labute approximate surface area is 364 Å². The van der Waals surface area contributed by atoms with Crippen LogP contribution in [-0.4, -0.2) is 13.7 Å². The average molecular weight is 802 g/mol. The van der Waals surface area contributed by atoms with Crippen molar-refractivity contribution < 1.29 is 0 Å². The summed E-state index contributed by atoms with van der Waals surface area (Å²) in [6.45, 7) is 0. The number of hydrogen-bond donors (Lipinski definition) is 0. The number of nitrogens with zero attached hydrogens (tertiary/aromatic N) is 3. The zero-order valence-electron chi connectivity index (χ0n) is 34.4. The van der Waals surface area contributed by atoms with Crippen LogP contribution in [0.1, 0.15) is 0 Å². The fourth-order valence-corrected chi connectivity index (χ4v) is 10.2. The third-order valence-electron chi connectivity index (χ3n) is 13.0. The minimum atomic E-state index is 1.14. The number of hydrogen-bond acceptors (Lipinski definition) is 0. The fourth-order valence-electron chi connectivity index (χ4n) is 10.2. The molecule has 0 atom stereocenters. The number of rotatable bonds is 6. The van der Waals surface area contributed by atoms with Gasteiger partial charge in [0.15, 0.2) is 0 Å². The highest BCUT2D eigenvalue weighted by atomic mass is 15.0. The Morgan fingerprint density at radius 2 is 0.619 bits per heavy atom. The summed E-state index contributed by atoms with van der Waals surface area (Å²) >= 11 is 0. The predicted octanol–water partition coefficient (Wildman–Crippen LogP) is 16.0. The summed E-state index contributed by atoms with van der Waals surface area (Å²) in [5.41, 5.74) is 17.9. The molecular formula is C60H39N3. The van der Waals surface area contributed by atoms with Crippen LogP contribution in [0.15, 0.2) is 237 Å². The summed E-state index contributed by atoms with van der Waals surface area (Å²) in [5, 5.41) is 7.44. The summed E-state index contributed by atoms with van der Waals surface area (Å²) < 4.78 is 7.29. The van der Waals surface area contributed by atoms with E-state index in [-0.39, 0.29) is 0 Å². The minimum absolute atomic E-state index is 1.14. The smallest absolute Gasteiger partial charge is 0.0542 e. The summed E-state index contributed by atoms with van der Waals surface area (Å²) in [6, 6.07) is 86.4. The van der Waals surface area contributed by atoms with Gasteiger partial charge in [-0.2, -0.15) is 0 Å². The third kappa shape index (κ3) is 5.53. The second-order valence-corrected chi connectivity index (χ2v) is 16.5. The molecule has 0 bridgehead atoms. The van der Waals surface area contributed by atoms with Gasteiger partial charge in [-0.1, -0.05) is 158 Å². The van der Waals surface area contributed by atoms with Gasteiger partial charge in [0.25, 0.3) is 0 Å². The maximum atomic E-state index is 2.44. The molecule has 3 heteroatoms. The van der Waals surface area contributed by atoms with Crippen molar-refractivity contribution in [3.05, 3.63) is 237 Å². The molecule has 294 valence electrons. The van der Waals surface area contributed by atoms with E-state index in [0.29, 0.717) is 0 Å². The van der Waals surface area contributed by atoms with Crippen LogP contribution in [0.5, 0.6) is 0 Å². The molecule has 3 nitrogen and oxygen atoms in total. The van der Waals surface area contributed by atoms with Crippen LogP contribution in [0.3, 0.4) is 0 Å². The first-order valence-corrected chi connectivity index (χ1v) is 21.7. The quantitative estimate of drug-likeness (QED) is 0.159. The van der Waals surface area contributed by atoms with E-state index in [9.17, 15) is 0 Å². The largest absolute Gasteiger partial charge is 0.309 e. The first kappa shape index (κ1) is 35.4. The third-order valence-corrected chi connectivity index (χ3v) is 13.0. The van der Waals surface area contributed by atoms with Crippen LogP contribution in [0.2, 0.25) is 0 Å². The lowest BCUT2D eigenvalue weighted by atomic mass is 10.0. The average Bonchev–Trinajstić information content (AvgIpc) is 3.99. The lowest BCUT2D eigenvalue weighted by molar-refractivity contribution is 1.17. The molecule has 0 fully saturated rings. The van der Waals surface area contributed by atoms with Crippen molar-refractivity contribution in [2.45, 2.75) is 0 Å². The molecule has 10 aromatic carbocycles. The fraction of sp³-hybridized carbons (Fsp3) is 0. The molecule has 13 aromatic rings. The van der Waals surface area contributed by atoms with Gasteiger partial charge in [0, 0.05) is 49.3 Å². The van der Waals surface area contributed by atoms with Crippen LogP contribution < -0.4 is 0 Å². The van der Waals surface area contributed by atoms with Crippen molar-refractivity contribution in [3.63, 3.8) is 0 Å². The topological polar surface area (TPSA) is 14.8 Å². The van der Waals surface area contributed by atoms with E-state index in [4.69, 9.17) is 0 Å². The zero-order chi connectivity index (χ0) is 41.4. The van der Waals surface area contributed by atoms with Gasteiger partial charge in [-0.05, 0) is 107 Å². The summed E-state index contributed by atoms with van der Waals surface area (Å²) in [5.74, 6) is 0. The predicted molar refractivity (Wildman–Crippen MR) is 266 cm³/mol. The number of para-hydroxylation sites is 4. The molecule has 0 aliphatic carbocycles. The van der Waals surface area contributed by atoms with Gasteiger partial charge in [0.1, 0.15) is 0 Å². The van der Waals surface area contributed by atoms with Gasteiger partial charge in [-0.25, -0.2) is 0 Å². The van der Waals surface area contributed by atoms with E-state index in [1.54, 1.807) is 0 Å². The number of aromatic nitrogens is 3. The molecule has 63 heavy (non-hydrogen) atoms. The molecular weight excluding hydrogens is 763 g/mol. The highest BCUT2D eigenvalue weighted by Crippen LogP contribution is 2.41. The monoisotopic (exact) mass is 801 g/mol. The van der Waals surface area contributed by atoms with Crippen molar-refractivity contribution in [1.29, 1.82) is 0 Å². The Morgan fingerprint density at radius 1 is 0.206 bits per heavy atom. The SMILES string of the molecule is c1ccc(-c2cccc(-n3c4ccccc4c4cc(-c5ccc6c(c5)c5ccccc5n6-c5ccc6c(c5)c5ccccc5n6-c5ccccc5-c5ccccc5)ccc43)c2)cc1. The van der Waals surface area contributed by atoms with Crippen LogP contribution in [0, 0.1) is 0 Å². The van der Waals surface area contributed by atoms with Crippen molar-refractivity contribution in [2.75, 3.05) is 0 Å². The van der Waals surface area contributed by atoms with Crippen LogP contribution in [-0.2, 0) is 0 Å². The molecule has 0 saturated carbocycles. The Hall–Kier alpha value is -8.40. The molecule has 3 aromatic heterocycles. The van der Waals surface area contributed by atoms with E-state index in [1.165, 1.54) is 104 Å². The molecule has 0 saturated heterocycles. The second-order valence-electron chi connectivity index (χ2n) is 16.5. The molecule has 0 N–H and O–H groups in total. The zero-order valence-corrected chi connectivity index (χ0v) is 34.4. The summed E-state index contributed by atoms with van der Waals surface area (Å²) in [4.78, 5) is 0. The molecule has 3 heterocycles. The van der Waals surface area contributed by atoms with Crippen molar-refractivity contribution in [1.82, 2.24) is 13.7 Å². The first-order valence-electron chi connectivity index (χ1n) is 21.7. The Bertz CT molecular complexity index is 3900. The van der Waals surface area contributed by atoms with Gasteiger partial charge in [-0.15, -0.1) is 0 Å². The molecule has 0 aliphatic heterocycles. The normalized spacial score (nSPS) is 11.8. The highest BCUT2D eigenvalue weighted by Gasteiger charge is 2.19. The van der Waals surface area contributed by atoms with E-state index in [0.717, 1.165) is 11.4 Å². The molecule has 13 rings (SSSR count). The van der Waals surface area contributed by atoms with E-state index in [1.807, 2.05) is 0 Å². The van der Waals surface area contributed by atoms with E-state index < -0.39 is 0 Å². The van der Waals surface area contributed by atoms with Crippen LogP contribution >= 0.6 is 0 Å². The van der Waals surface area contributed by atoms with Crippen LogP contribution in [0.4, 0.5) is 0 Å². The van der Waals surface area contributed by atoms with Gasteiger partial charge in [0.2, 0.25) is 0 Å². The van der Waals surface area contributed by atoms with Gasteiger partial charge < -0.3 is 13.7 Å². The van der Waals surface area contributed by atoms with Crippen molar-refractivity contribution in [3.8, 4) is 50.4 Å². The maximum Gasteiger partial charge on any atom is 0.0542 e. The summed E-state index contributed by atoms with van der Waals surface area (Å²) in [6.07, 6.45) is 0. The maximum absolute atomic E-state index is 2.44. The van der Waals surface area contributed by atoms with Gasteiger partial charge >= 0.3 is 0 Å². The lowest BCUT2D eigenvalue weighted by Gasteiger charge is -2.14. The Balaban J connectivity index is 0.953. The highest BCUT2D eigenvalue weighted by molar-refractivity contribution is 6.14. The molecule has 0 unspecified atom stereocenters. The minimum Gasteiger partial charge on any atom is -0.309 e. The molecule has 0 amide bonds. The van der Waals surface area contributed by atoms with Gasteiger partial charge in [-0.3, -0.25) is 0 Å². The van der Waals surface area contributed by atoms with Gasteiger partial charge in [0.05, 0.1) is 38.8 Å². The van der Waals surface area contributed by atoms with Crippen LogP contribution in [0.25, 0.3) is 116 Å². The standard InChI is InChI=1S/C60H39N3/c1-3-16-40(17-4-1)42-20-15-21-45(36-42)61-55-27-12-8-23-48(55)51-37-43(30-33-58(51)61)44-31-34-59-52(38-44)49-24-9-13-28-56(49)62(59)46-32-35-60-53(39-46)50-25-10-14-29-57(50)63(60)54-26-11-7-22-47(54)41-18-5-2-6-19-41/h1-39H. The van der Waals surface area contributed by atoms with E-state index in [2.05, 4.69) is 250 Å². The number of benzene rings is 10. The number of fused-ring (bicyclic) bond motifs is 9. The van der Waals surface area contributed by atoms with E-state index >= 15 is 0 Å². The molecule has 0 aliphatic rings. The van der Waals surface area contributed by atoms with Crippen molar-refractivity contribution >= 4 is 65.4 Å².